The van der Waals surface area contributed by atoms with Crippen LogP contribution in [0.3, 0.4) is 0 Å². The second-order valence-electron chi connectivity index (χ2n) is 18.1. The summed E-state index contributed by atoms with van der Waals surface area (Å²) in [5, 5.41) is 1.60. The predicted molar refractivity (Wildman–Crippen MR) is 314 cm³/mol. The van der Waals surface area contributed by atoms with Crippen LogP contribution in [0.5, 0.6) is 11.5 Å². The minimum Gasteiger partial charge on any atom is -0.488 e. The molecule has 0 spiro atoms. The molecule has 2 N–H and O–H groups in total. The number of H-pyrrole nitrogens is 2. The molecule has 6 aromatic carbocycles. The lowest BCUT2D eigenvalue weighted by Crippen LogP contribution is -2.06. The Bertz CT molecular complexity index is 3760. The number of hydrogen-bond donors (Lipinski definition) is 2. The molecule has 9 aromatic rings. The molecule has 0 amide bonds. The lowest BCUT2D eigenvalue weighted by atomic mass is 10.0. The molecule has 0 radical (unpaired) electrons. The number of nitrogens with zero attached hydrogens (tertiary/aromatic N) is 2. The number of carbonyl (C=O) groups is 2. The van der Waals surface area contributed by atoms with Gasteiger partial charge in [0.1, 0.15) is 24.7 Å². The van der Waals surface area contributed by atoms with E-state index in [0.717, 1.165) is 11.1 Å². The summed E-state index contributed by atoms with van der Waals surface area (Å²) in [6, 6.07) is 48.6. The summed E-state index contributed by atoms with van der Waals surface area (Å²) < 4.78 is 24.3. The minimum atomic E-state index is -0.490. The Morgan fingerprint density at radius 2 is 0.756 bits per heavy atom. The summed E-state index contributed by atoms with van der Waals surface area (Å²) in [5.74, 6) is -0.159. The Kier molecular flexibility index (Phi) is 15.0. The fourth-order valence-electron chi connectivity index (χ4n) is 9.62. The van der Waals surface area contributed by atoms with Gasteiger partial charge in [-0.25, -0.2) is 19.6 Å². The summed E-state index contributed by atoms with van der Waals surface area (Å²) in [4.78, 5) is 45.1. The van der Waals surface area contributed by atoms with Gasteiger partial charge in [0.15, 0.2) is 0 Å². The second-order valence-corrected chi connectivity index (χ2v) is 19.7. The van der Waals surface area contributed by atoms with E-state index >= 15 is 0 Å². The molecule has 0 unspecified atom stereocenters. The van der Waals surface area contributed by atoms with E-state index in [2.05, 4.69) is 9.97 Å². The molecule has 5 heterocycles. The fraction of sp³-hybridized carbons (Fsp3) is 0.0938. The number of ether oxygens (including phenoxy) is 4. The van der Waals surface area contributed by atoms with E-state index in [9.17, 15) is 9.59 Å². The number of rotatable bonds is 14. The van der Waals surface area contributed by atoms with Gasteiger partial charge in [0.05, 0.1) is 67.2 Å². The number of carbonyl (C=O) groups excluding carboxylic acids is 2. The van der Waals surface area contributed by atoms with Gasteiger partial charge in [-0.3, -0.25) is 0 Å². The molecular weight excluding hydrogens is 1060 g/mol. The van der Waals surface area contributed by atoms with E-state index in [-0.39, 0.29) is 26.4 Å². The van der Waals surface area contributed by atoms with Crippen LogP contribution in [0.2, 0.25) is 20.1 Å². The Balaban J connectivity index is 1.27. The highest BCUT2D eigenvalue weighted by molar-refractivity contribution is 6.40. The zero-order valence-corrected chi connectivity index (χ0v) is 45.0. The summed E-state index contributed by atoms with van der Waals surface area (Å²) in [7, 11) is 0. The minimum absolute atomic E-state index is 0.196. The Morgan fingerprint density at radius 1 is 0.410 bits per heavy atom. The van der Waals surface area contributed by atoms with Crippen molar-refractivity contribution in [3.63, 3.8) is 0 Å². The topological polar surface area (TPSA) is 128 Å². The van der Waals surface area contributed by atoms with Crippen molar-refractivity contribution in [1.29, 1.82) is 0 Å². The van der Waals surface area contributed by atoms with Gasteiger partial charge in [-0.15, -0.1) is 0 Å². The lowest BCUT2D eigenvalue weighted by Gasteiger charge is -2.15. The standard InChI is InChI=1S/C64H46Cl4N4O6/c1-3-75-63(73)39-21-23-41(55(33-39)77-35-37-13-7-5-8-14-37)57-47-25-29-51(69-47)61(59-43(65)17-11-18-44(59)66)53-31-27-49(71-53)58(42-24-22-40(64(74)76-4-2)34-56(42)78-36-38-15-9-6-10-16-38)50-28-32-54(72-50)62(52-30-26-48(57)70-52)60-45(67)19-12-20-46(60)68/h5-34,69,72H,3-4,35-36H2,1-2H3. The Hall–Kier alpha value is -8.38. The predicted octanol–water partition coefficient (Wildman–Crippen LogP) is 17.4. The normalized spacial score (nSPS) is 11.7. The van der Waals surface area contributed by atoms with Gasteiger partial charge in [-0.05, 0) is 134 Å². The van der Waals surface area contributed by atoms with E-state index in [4.69, 9.17) is 75.3 Å². The van der Waals surface area contributed by atoms with Crippen LogP contribution in [-0.2, 0) is 22.7 Å². The third-order valence-corrected chi connectivity index (χ3v) is 14.4. The van der Waals surface area contributed by atoms with Crippen molar-refractivity contribution in [3.05, 3.63) is 223 Å². The zero-order chi connectivity index (χ0) is 53.9. The summed E-state index contributed by atoms with van der Waals surface area (Å²) in [5.41, 5.74) is 12.0. The number of hydrogen-bond acceptors (Lipinski definition) is 8. The van der Waals surface area contributed by atoms with Gasteiger partial charge in [-0.1, -0.05) is 119 Å². The molecule has 0 saturated carbocycles. The van der Waals surface area contributed by atoms with Crippen LogP contribution in [0.1, 0.15) is 68.5 Å². The molecule has 10 nitrogen and oxygen atoms in total. The Morgan fingerprint density at radius 3 is 1.12 bits per heavy atom. The fourth-order valence-corrected chi connectivity index (χ4v) is 10.8. The number of aromatic nitrogens is 4. The molecule has 14 heteroatoms. The van der Waals surface area contributed by atoms with Crippen LogP contribution in [0, 0.1) is 0 Å². The van der Waals surface area contributed by atoms with Crippen LogP contribution in [-0.4, -0.2) is 45.1 Å². The van der Waals surface area contributed by atoms with Gasteiger partial charge in [0.25, 0.3) is 0 Å². The molecule has 386 valence electrons. The van der Waals surface area contributed by atoms with E-state index < -0.39 is 11.9 Å². The molecule has 3 aromatic heterocycles. The molecular formula is C64H46Cl4N4O6. The SMILES string of the molecule is CCOC(=O)c1ccc(-c2c3nc(c(-c4c(Cl)cccc4Cl)c4ccc([nH]4)c(-c4ccc(C(=O)OCC)cc4OCc4ccccc4)c4nc(c(-c5c(Cl)cccc5Cl)c5ccc2[nH]5)C=C4)C=C3)c(OCc2ccccc2)c1. The first-order valence-electron chi connectivity index (χ1n) is 25.1. The van der Waals surface area contributed by atoms with Crippen molar-refractivity contribution in [3.8, 4) is 56.0 Å². The van der Waals surface area contributed by atoms with Gasteiger partial charge in [0, 0.05) is 66.6 Å². The average Bonchev–Trinajstić information content (AvgIpc) is 4.33. The first-order chi connectivity index (χ1) is 38.1. The average molecular weight is 1110 g/mol. The van der Waals surface area contributed by atoms with Crippen LogP contribution in [0.25, 0.3) is 90.9 Å². The summed E-state index contributed by atoms with van der Waals surface area (Å²) in [6.45, 7) is 4.32. The maximum Gasteiger partial charge on any atom is 0.338 e. The quantitative estimate of drug-likeness (QED) is 0.103. The first-order valence-corrected chi connectivity index (χ1v) is 26.6. The third-order valence-electron chi connectivity index (χ3n) is 13.2. The number of fused-ring (bicyclic) bond motifs is 8. The zero-order valence-electron chi connectivity index (χ0n) is 42.0. The smallest absolute Gasteiger partial charge is 0.338 e. The lowest BCUT2D eigenvalue weighted by molar-refractivity contribution is 0.0516. The van der Waals surface area contributed by atoms with Crippen molar-refractivity contribution in [2.24, 2.45) is 0 Å². The molecule has 2 aliphatic rings. The highest BCUT2D eigenvalue weighted by atomic mass is 35.5. The van der Waals surface area contributed by atoms with E-state index in [0.29, 0.717) is 132 Å². The third kappa shape index (κ3) is 10.4. The van der Waals surface area contributed by atoms with Gasteiger partial charge < -0.3 is 28.9 Å². The van der Waals surface area contributed by atoms with E-state index in [1.165, 1.54) is 0 Å². The monoisotopic (exact) mass is 1110 g/mol. The number of benzene rings is 6. The molecule has 11 rings (SSSR count). The van der Waals surface area contributed by atoms with Crippen LogP contribution < -0.4 is 9.47 Å². The highest BCUT2D eigenvalue weighted by Gasteiger charge is 2.25. The van der Waals surface area contributed by atoms with Gasteiger partial charge in [0.2, 0.25) is 0 Å². The molecule has 0 fully saturated rings. The second kappa shape index (κ2) is 22.7. The van der Waals surface area contributed by atoms with Crippen LogP contribution in [0.15, 0.2) is 158 Å². The van der Waals surface area contributed by atoms with Crippen molar-refractivity contribution < 1.29 is 28.5 Å². The van der Waals surface area contributed by atoms with Crippen LogP contribution in [0.4, 0.5) is 0 Å². The van der Waals surface area contributed by atoms with Crippen LogP contribution >= 0.6 is 46.4 Å². The Labute approximate surface area is 469 Å². The number of aromatic amines is 2. The van der Waals surface area contributed by atoms with Crippen molar-refractivity contribution in [2.75, 3.05) is 13.2 Å². The van der Waals surface area contributed by atoms with Crippen molar-refractivity contribution in [1.82, 2.24) is 19.9 Å². The number of halogens is 4. The maximum absolute atomic E-state index is 13.4. The molecule has 0 atom stereocenters. The molecule has 0 saturated heterocycles. The summed E-state index contributed by atoms with van der Waals surface area (Å²) >= 11 is 28.7. The highest BCUT2D eigenvalue weighted by Crippen LogP contribution is 2.46. The van der Waals surface area contributed by atoms with Crippen molar-refractivity contribution >= 4 is 105 Å². The van der Waals surface area contributed by atoms with Gasteiger partial charge in [-0.2, -0.15) is 0 Å². The largest absolute Gasteiger partial charge is 0.488 e. The molecule has 78 heavy (non-hydrogen) atoms. The van der Waals surface area contributed by atoms with E-state index in [1.54, 1.807) is 74.5 Å². The molecule has 0 aliphatic carbocycles. The van der Waals surface area contributed by atoms with Gasteiger partial charge >= 0.3 is 11.9 Å². The number of esters is 2. The maximum atomic E-state index is 13.4. The molecule has 8 bridgehead atoms. The number of nitrogens with one attached hydrogen (secondary N) is 2. The molecule has 2 aliphatic heterocycles. The van der Waals surface area contributed by atoms with E-state index in [1.807, 2.05) is 121 Å². The first kappa shape index (κ1) is 51.7. The van der Waals surface area contributed by atoms with Crippen molar-refractivity contribution in [2.45, 2.75) is 27.1 Å². The summed E-state index contributed by atoms with van der Waals surface area (Å²) in [6.07, 6.45) is 7.70.